The van der Waals surface area contributed by atoms with E-state index in [-0.39, 0.29) is 8.95 Å². The fraction of sp³-hybridized carbons (Fsp3) is 0. The molecule has 0 aliphatic carbocycles. The fourth-order valence-electron chi connectivity index (χ4n) is 4.22. The van der Waals surface area contributed by atoms with Gasteiger partial charge in [-0.05, 0) is 104 Å². The first kappa shape index (κ1) is 11.0. The third-order valence-corrected chi connectivity index (χ3v) is 6.94. The molecular weight excluding hydrogens is 604 g/mol. The lowest BCUT2D eigenvalue weighted by Crippen LogP contribution is -2.12. The van der Waals surface area contributed by atoms with Crippen LogP contribution in [0.15, 0.2) is 127 Å². The van der Waals surface area contributed by atoms with Crippen molar-refractivity contribution in [2.24, 2.45) is 0 Å². The van der Waals surface area contributed by atoms with Crippen LogP contribution in [-0.2, 0) is 0 Å². The predicted molar refractivity (Wildman–Crippen MR) is 163 cm³/mol. The Morgan fingerprint density at radius 2 is 0.842 bits per heavy atom. The molecule has 0 radical (unpaired) electrons. The minimum Gasteiger partial charge on any atom is -0.308 e. The number of rotatable bonds is 2. The van der Waals surface area contributed by atoms with Crippen LogP contribution in [0.1, 0.15) is 24.7 Å². The minimum atomic E-state index is -1.15. The van der Waals surface area contributed by atoms with Crippen LogP contribution in [0.5, 0.6) is 0 Å². The first-order chi connectivity index (χ1) is 26.0. The maximum absolute atomic E-state index is 14.0. The summed E-state index contributed by atoms with van der Waals surface area (Å²) in [6, 6.07) is -15.6. The molecule has 38 heavy (non-hydrogen) atoms. The molecule has 5 aromatic carbocycles. The van der Waals surface area contributed by atoms with Crippen LogP contribution in [0.25, 0.3) is 55.0 Å². The van der Waals surface area contributed by atoms with Gasteiger partial charge in [-0.1, -0.05) is 36.3 Å². The summed E-state index contributed by atoms with van der Waals surface area (Å²) < 4.78 is 157. The van der Waals surface area contributed by atoms with E-state index in [1.165, 1.54) is 0 Å². The average Bonchev–Trinajstić information content (AvgIpc) is 3.16. The van der Waals surface area contributed by atoms with Gasteiger partial charge in [0.1, 0.15) is 0 Å². The molecule has 0 unspecified atom stereocenters. The number of fused-ring (bicyclic) bond motifs is 4. The third-order valence-electron chi connectivity index (χ3n) is 5.79. The van der Waals surface area contributed by atoms with E-state index in [1.54, 1.807) is 0 Å². The molecule has 4 nitrogen and oxygen atoms in total. The second kappa shape index (κ2) is 8.79. The first-order valence-corrected chi connectivity index (χ1v) is 12.2. The largest absolute Gasteiger partial charge is 0.308 e. The minimum absolute atomic E-state index is 0.379. The van der Waals surface area contributed by atoms with E-state index in [2.05, 4.69) is 31.9 Å². The lowest BCUT2D eigenvalue weighted by molar-refractivity contribution is 1.12. The lowest BCUT2D eigenvalue weighted by Gasteiger charge is -2.19. The number of pyridine rings is 2. The Hall–Kier alpha value is -4.00. The van der Waals surface area contributed by atoms with Gasteiger partial charge in [0.25, 0.3) is 0 Å². The Kier molecular flexibility index (Phi) is 2.55. The molecule has 0 N–H and O–H groups in total. The number of para-hydroxylation sites is 4. The molecule has 0 saturated heterocycles. The quantitative estimate of drug-likeness (QED) is 0.179. The molecule has 0 fully saturated rings. The fourth-order valence-corrected chi connectivity index (χ4v) is 5.17. The topological polar surface area (TPSA) is 44.0 Å². The zero-order chi connectivity index (χ0) is 41.6. The summed E-state index contributed by atoms with van der Waals surface area (Å²) in [5.74, 6) is 0. The summed E-state index contributed by atoms with van der Waals surface area (Å²) in [5, 5.41) is -2.80. The number of hydrogen-bond acceptors (Lipinski definition) is 2. The van der Waals surface area contributed by atoms with E-state index in [9.17, 15) is 15.1 Å². The zero-order valence-corrected chi connectivity index (χ0v) is 21.6. The van der Waals surface area contributed by atoms with Crippen LogP contribution < -0.4 is 10.9 Å². The SMILES string of the molecule is [2H]c1c([2H])c(-n2c3c([2H])c([2H])c([2H])c([2H])c3c(=O)c3c([2H])c([2H])c([2H])c(Br)c32)c([2H])c([2H])c1-n1c2c([2H])c([2H])c([2H])c([2H])c2c(=O)c2c([2H])c([2H])c([2H])c(Br)c21. The van der Waals surface area contributed by atoms with E-state index in [4.69, 9.17) is 19.2 Å². The number of aromatic nitrogens is 2. The van der Waals surface area contributed by atoms with Crippen LogP contribution in [0, 0.1) is 0 Å². The van der Waals surface area contributed by atoms with Gasteiger partial charge in [-0.15, -0.1) is 0 Å². The molecule has 2 heterocycles. The Morgan fingerprint density at radius 1 is 0.474 bits per heavy atom. The van der Waals surface area contributed by atoms with Crippen molar-refractivity contribution in [1.82, 2.24) is 9.13 Å². The molecule has 0 bridgehead atoms. The average molecular weight is 640 g/mol. The van der Waals surface area contributed by atoms with Gasteiger partial charge >= 0.3 is 0 Å². The van der Waals surface area contributed by atoms with Gasteiger partial charge in [0, 0.05) is 41.9 Å². The Bertz CT molecular complexity index is 2790. The van der Waals surface area contributed by atoms with Crippen molar-refractivity contribution < 1.29 is 24.7 Å². The molecule has 0 spiro atoms. The van der Waals surface area contributed by atoms with E-state index in [1.807, 2.05) is 0 Å². The van der Waals surface area contributed by atoms with E-state index >= 15 is 0 Å². The molecule has 0 atom stereocenters. The van der Waals surface area contributed by atoms with Gasteiger partial charge in [0.15, 0.2) is 10.9 Å². The predicted octanol–water partition coefficient (Wildman–Crippen LogP) is 8.13. The summed E-state index contributed by atoms with van der Waals surface area (Å²) in [7, 11) is 0. The highest BCUT2D eigenvalue weighted by molar-refractivity contribution is 9.11. The zero-order valence-electron chi connectivity index (χ0n) is 36.5. The van der Waals surface area contributed by atoms with Crippen molar-refractivity contribution in [3.8, 4) is 11.4 Å². The highest BCUT2D eigenvalue weighted by Gasteiger charge is 2.16. The van der Waals surface area contributed by atoms with Crippen molar-refractivity contribution in [2.45, 2.75) is 0 Å². The number of benzene rings is 5. The highest BCUT2D eigenvalue weighted by atomic mass is 79.9. The van der Waals surface area contributed by atoms with Gasteiger partial charge in [-0.25, -0.2) is 0 Å². The maximum atomic E-state index is 14.0. The van der Waals surface area contributed by atoms with Crippen molar-refractivity contribution in [3.63, 3.8) is 0 Å². The van der Waals surface area contributed by atoms with Crippen LogP contribution in [0.4, 0.5) is 0 Å². The van der Waals surface area contributed by atoms with Crippen LogP contribution >= 0.6 is 31.9 Å². The smallest absolute Gasteiger partial charge is 0.197 e. The van der Waals surface area contributed by atoms with Gasteiger partial charge in [-0.3, -0.25) is 9.59 Å². The van der Waals surface area contributed by atoms with Gasteiger partial charge < -0.3 is 9.13 Å². The molecule has 2 aromatic heterocycles. The standard InChI is InChI=1S/C32H18Br2N2O2/c33-25-11-5-9-23-29(25)35(27-13-3-1-7-21(27)31(23)37)19-15-17-20(18-16-19)36-28-14-4-2-8-22(28)32(38)24-10-6-12-26(34)30(24)36/h1-18H/i1D,2D,3D,4D,5D,6D,7D,8D,9D,10D,11D,12D,13D,14D,15D,16D,17D,18D. The molecule has 6 heteroatoms. The van der Waals surface area contributed by atoms with Crippen LogP contribution in [0.2, 0.25) is 0 Å². The summed E-state index contributed by atoms with van der Waals surface area (Å²) in [6.07, 6.45) is 0. The summed E-state index contributed by atoms with van der Waals surface area (Å²) in [4.78, 5) is 28.1. The van der Waals surface area contributed by atoms with Gasteiger partial charge in [0.05, 0.1) is 46.7 Å². The van der Waals surface area contributed by atoms with Crippen molar-refractivity contribution >= 4 is 75.5 Å². The number of hydrogen-bond donors (Lipinski definition) is 0. The molecular formula is C32H18Br2N2O2. The Morgan fingerprint density at radius 3 is 1.26 bits per heavy atom. The Labute approximate surface area is 258 Å². The van der Waals surface area contributed by atoms with E-state index < -0.39 is 175 Å². The van der Waals surface area contributed by atoms with Gasteiger partial charge in [0.2, 0.25) is 0 Å². The maximum Gasteiger partial charge on any atom is 0.197 e. The molecule has 182 valence electrons. The van der Waals surface area contributed by atoms with Crippen LogP contribution in [0.3, 0.4) is 0 Å². The molecule has 0 amide bonds. The molecule has 7 rings (SSSR count). The number of halogens is 2. The van der Waals surface area contributed by atoms with Crippen molar-refractivity contribution in [3.05, 3.63) is 138 Å². The molecule has 0 saturated carbocycles. The lowest BCUT2D eigenvalue weighted by atomic mass is 10.1. The third kappa shape index (κ3) is 3.34. The molecule has 7 aromatic rings. The van der Waals surface area contributed by atoms with Gasteiger partial charge in [-0.2, -0.15) is 0 Å². The normalized spacial score (nSPS) is 18.3. The number of nitrogens with zero attached hydrogens (tertiary/aromatic N) is 2. The summed E-state index contributed by atoms with van der Waals surface area (Å²) in [6.45, 7) is 0. The molecule has 0 aliphatic heterocycles. The summed E-state index contributed by atoms with van der Waals surface area (Å²) in [5.41, 5.74) is -6.24. The van der Waals surface area contributed by atoms with Crippen LogP contribution in [-0.4, -0.2) is 9.13 Å². The monoisotopic (exact) mass is 638 g/mol. The van der Waals surface area contributed by atoms with Crippen molar-refractivity contribution in [2.75, 3.05) is 0 Å². The van der Waals surface area contributed by atoms with E-state index in [0.29, 0.717) is 0 Å². The summed E-state index contributed by atoms with van der Waals surface area (Å²) >= 11 is 6.29. The Balaban J connectivity index is 1.83. The highest BCUT2D eigenvalue weighted by Crippen LogP contribution is 2.32. The molecule has 0 aliphatic rings. The second-order valence-corrected chi connectivity index (χ2v) is 9.38. The van der Waals surface area contributed by atoms with E-state index in [0.717, 1.165) is 9.13 Å². The second-order valence-electron chi connectivity index (χ2n) is 7.80. The van der Waals surface area contributed by atoms with Crippen molar-refractivity contribution in [1.29, 1.82) is 0 Å². The first-order valence-electron chi connectivity index (χ1n) is 19.6.